The second kappa shape index (κ2) is 8.89. The van der Waals surface area contributed by atoms with Gasteiger partial charge >= 0.3 is 0 Å². The molecular weight excluding hydrogens is 372 g/mol. The number of carbonyl (C=O) groups is 2. The number of ether oxygens (including phenoxy) is 1. The molecule has 0 aliphatic rings. The Morgan fingerprint density at radius 2 is 1.96 bits per heavy atom. The molecule has 0 radical (unpaired) electrons. The summed E-state index contributed by atoms with van der Waals surface area (Å²) in [6.07, 6.45) is 0.833. The number of pyridine rings is 1. The van der Waals surface area contributed by atoms with Gasteiger partial charge in [0.05, 0.1) is 18.4 Å². The number of nitrogens with one attached hydrogen (secondary N) is 1. The van der Waals surface area contributed by atoms with Crippen LogP contribution < -0.4 is 10.1 Å². The predicted octanol–water partition coefficient (Wildman–Crippen LogP) is 4.74. The summed E-state index contributed by atoms with van der Waals surface area (Å²) in [5, 5.41) is 4.73. The van der Waals surface area contributed by atoms with E-state index in [9.17, 15) is 9.59 Å². The van der Waals surface area contributed by atoms with E-state index in [1.165, 1.54) is 18.7 Å². The Bertz CT molecular complexity index is 1030. The van der Waals surface area contributed by atoms with Gasteiger partial charge in [-0.25, -0.2) is 4.98 Å². The van der Waals surface area contributed by atoms with E-state index in [2.05, 4.69) is 18.3 Å². The Balaban J connectivity index is 1.74. The molecule has 28 heavy (non-hydrogen) atoms. The molecule has 3 aromatic rings. The Kier molecular flexibility index (Phi) is 6.31. The number of aryl methyl sites for hydroxylation is 1. The second-order valence-electron chi connectivity index (χ2n) is 6.34. The van der Waals surface area contributed by atoms with E-state index >= 15 is 0 Å². The molecule has 0 atom stereocenters. The summed E-state index contributed by atoms with van der Waals surface area (Å²) in [5.41, 5.74) is 3.14. The number of aromatic nitrogens is 1. The smallest absolute Gasteiger partial charge is 0.234 e. The first-order valence-corrected chi connectivity index (χ1v) is 10.00. The molecule has 6 heteroatoms. The number of hydrogen-bond donors (Lipinski definition) is 1. The highest BCUT2D eigenvalue weighted by Crippen LogP contribution is 2.27. The lowest BCUT2D eigenvalue weighted by Crippen LogP contribution is -2.14. The van der Waals surface area contributed by atoms with Gasteiger partial charge in [-0.2, -0.15) is 0 Å². The number of methoxy groups -OCH3 is 1. The van der Waals surface area contributed by atoms with Crippen LogP contribution in [0.15, 0.2) is 53.6 Å². The van der Waals surface area contributed by atoms with Gasteiger partial charge in [0.25, 0.3) is 0 Å². The number of carbonyl (C=O) groups excluding carboxylic acids is 2. The second-order valence-corrected chi connectivity index (χ2v) is 7.30. The van der Waals surface area contributed by atoms with Crippen molar-refractivity contribution in [2.75, 3.05) is 18.2 Å². The van der Waals surface area contributed by atoms with Crippen molar-refractivity contribution in [3.63, 3.8) is 0 Å². The molecule has 0 fully saturated rings. The fourth-order valence-corrected chi connectivity index (χ4v) is 3.72. The highest BCUT2D eigenvalue weighted by molar-refractivity contribution is 8.00. The summed E-state index contributed by atoms with van der Waals surface area (Å²) in [4.78, 5) is 28.6. The average Bonchev–Trinajstić information content (AvgIpc) is 2.71. The molecule has 0 spiro atoms. The minimum absolute atomic E-state index is 0.0335. The number of anilines is 1. The number of rotatable bonds is 7. The fourth-order valence-electron chi connectivity index (χ4n) is 2.83. The van der Waals surface area contributed by atoms with E-state index in [1.807, 2.05) is 18.2 Å². The van der Waals surface area contributed by atoms with Gasteiger partial charge in [-0.05, 0) is 49.2 Å². The lowest BCUT2D eigenvalue weighted by atomic mass is 10.1. The molecule has 3 rings (SSSR count). The van der Waals surface area contributed by atoms with Crippen molar-refractivity contribution in [2.24, 2.45) is 0 Å². The zero-order chi connectivity index (χ0) is 20.1. The van der Waals surface area contributed by atoms with Crippen molar-refractivity contribution >= 4 is 40.0 Å². The number of Topliss-reactive ketones (excluding diaryl/α,β-unsaturated/α-hetero) is 1. The van der Waals surface area contributed by atoms with Crippen LogP contribution in [0, 0.1) is 0 Å². The van der Waals surface area contributed by atoms with Crippen LogP contribution in [-0.4, -0.2) is 29.5 Å². The zero-order valence-corrected chi connectivity index (χ0v) is 16.9. The molecule has 0 saturated heterocycles. The number of benzene rings is 2. The number of nitrogens with zero attached hydrogens (tertiary/aromatic N) is 1. The van der Waals surface area contributed by atoms with E-state index in [4.69, 9.17) is 9.72 Å². The molecule has 5 nitrogen and oxygen atoms in total. The van der Waals surface area contributed by atoms with Crippen LogP contribution in [0.25, 0.3) is 10.9 Å². The number of fused-ring (bicyclic) bond motifs is 1. The maximum atomic E-state index is 12.4. The molecule has 0 bridgehead atoms. The Morgan fingerprint density at radius 3 is 2.68 bits per heavy atom. The third-order valence-corrected chi connectivity index (χ3v) is 5.37. The SMILES string of the molecule is CCc1cc2ccc(OC)cc2nc1SCC(=O)Nc1cccc(C(C)=O)c1. The standard InChI is InChI=1S/C22H22N2O3S/c1-4-15-10-17-8-9-19(27-3)12-20(17)24-22(15)28-13-21(26)23-18-7-5-6-16(11-18)14(2)25/h5-12H,4,13H2,1-3H3,(H,23,26). The monoisotopic (exact) mass is 394 g/mol. The highest BCUT2D eigenvalue weighted by Gasteiger charge is 2.11. The molecule has 2 aromatic carbocycles. The van der Waals surface area contributed by atoms with E-state index in [1.54, 1.807) is 31.4 Å². The molecule has 1 heterocycles. The predicted molar refractivity (Wildman–Crippen MR) is 113 cm³/mol. The summed E-state index contributed by atoms with van der Waals surface area (Å²) >= 11 is 1.41. The van der Waals surface area contributed by atoms with Crippen molar-refractivity contribution in [1.29, 1.82) is 0 Å². The van der Waals surface area contributed by atoms with Crippen molar-refractivity contribution in [2.45, 2.75) is 25.3 Å². The van der Waals surface area contributed by atoms with Crippen LogP contribution in [0.5, 0.6) is 5.75 Å². The number of hydrogen-bond acceptors (Lipinski definition) is 5. The maximum Gasteiger partial charge on any atom is 0.234 e. The lowest BCUT2D eigenvalue weighted by molar-refractivity contribution is -0.113. The van der Waals surface area contributed by atoms with Gasteiger partial charge in [0.1, 0.15) is 10.8 Å². The van der Waals surface area contributed by atoms with Gasteiger partial charge in [-0.1, -0.05) is 30.8 Å². The summed E-state index contributed by atoms with van der Waals surface area (Å²) in [6, 6.07) is 14.9. The number of amides is 1. The molecule has 1 N–H and O–H groups in total. The van der Waals surface area contributed by atoms with Gasteiger partial charge in [0.15, 0.2) is 5.78 Å². The van der Waals surface area contributed by atoms with Crippen molar-refractivity contribution in [3.8, 4) is 5.75 Å². The molecule has 0 aliphatic heterocycles. The van der Waals surface area contributed by atoms with E-state index in [0.717, 1.165) is 33.7 Å². The quantitative estimate of drug-likeness (QED) is 0.463. The van der Waals surface area contributed by atoms with Crippen molar-refractivity contribution in [1.82, 2.24) is 4.98 Å². The summed E-state index contributed by atoms with van der Waals surface area (Å²) in [7, 11) is 1.63. The molecule has 0 unspecified atom stereocenters. The summed E-state index contributed by atoms with van der Waals surface area (Å²) < 4.78 is 5.27. The maximum absolute atomic E-state index is 12.4. The van der Waals surface area contributed by atoms with Crippen LogP contribution >= 0.6 is 11.8 Å². The zero-order valence-electron chi connectivity index (χ0n) is 16.1. The molecular formula is C22H22N2O3S. The van der Waals surface area contributed by atoms with Crippen molar-refractivity contribution in [3.05, 3.63) is 59.7 Å². The Hall–Kier alpha value is -2.86. The normalized spacial score (nSPS) is 10.7. The van der Waals surface area contributed by atoms with Gasteiger partial charge < -0.3 is 10.1 Å². The third kappa shape index (κ3) is 4.70. The first kappa shape index (κ1) is 19.9. The molecule has 144 valence electrons. The van der Waals surface area contributed by atoms with Gasteiger partial charge in [0, 0.05) is 22.7 Å². The topological polar surface area (TPSA) is 68.3 Å². The highest BCUT2D eigenvalue weighted by atomic mass is 32.2. The fraction of sp³-hybridized carbons (Fsp3) is 0.227. The molecule has 0 aliphatic carbocycles. The Morgan fingerprint density at radius 1 is 1.14 bits per heavy atom. The number of ketones is 1. The Labute approximate surface area is 168 Å². The molecule has 0 saturated carbocycles. The molecule has 1 aromatic heterocycles. The minimum Gasteiger partial charge on any atom is -0.497 e. The lowest BCUT2D eigenvalue weighted by Gasteiger charge is -2.10. The average molecular weight is 394 g/mol. The van der Waals surface area contributed by atoms with E-state index in [-0.39, 0.29) is 17.4 Å². The molecule has 1 amide bonds. The minimum atomic E-state index is -0.139. The van der Waals surface area contributed by atoms with Gasteiger partial charge in [0.2, 0.25) is 5.91 Å². The van der Waals surface area contributed by atoms with Gasteiger partial charge in [-0.3, -0.25) is 9.59 Å². The van der Waals surface area contributed by atoms with Crippen molar-refractivity contribution < 1.29 is 14.3 Å². The van der Waals surface area contributed by atoms with Crippen LogP contribution in [0.3, 0.4) is 0 Å². The third-order valence-electron chi connectivity index (χ3n) is 4.34. The summed E-state index contributed by atoms with van der Waals surface area (Å²) in [6.45, 7) is 3.58. The summed E-state index contributed by atoms with van der Waals surface area (Å²) in [5.74, 6) is 0.817. The number of thioether (sulfide) groups is 1. The first-order valence-electron chi connectivity index (χ1n) is 9.01. The van der Waals surface area contributed by atoms with Crippen LogP contribution in [-0.2, 0) is 11.2 Å². The van der Waals surface area contributed by atoms with E-state index < -0.39 is 0 Å². The van der Waals surface area contributed by atoms with Gasteiger partial charge in [-0.15, -0.1) is 0 Å². The van der Waals surface area contributed by atoms with Crippen LogP contribution in [0.4, 0.5) is 5.69 Å². The largest absolute Gasteiger partial charge is 0.497 e. The van der Waals surface area contributed by atoms with Crippen LogP contribution in [0.2, 0.25) is 0 Å². The van der Waals surface area contributed by atoms with E-state index in [0.29, 0.717) is 11.3 Å². The van der Waals surface area contributed by atoms with Crippen LogP contribution in [0.1, 0.15) is 29.8 Å². The first-order chi connectivity index (χ1) is 13.5.